The van der Waals surface area contributed by atoms with Crippen molar-refractivity contribution in [2.75, 3.05) is 5.73 Å². The molecule has 0 unspecified atom stereocenters. The lowest BCUT2D eigenvalue weighted by atomic mass is 10.2. The summed E-state index contributed by atoms with van der Waals surface area (Å²) >= 11 is 5.93. The highest BCUT2D eigenvalue weighted by Crippen LogP contribution is 2.26. The molecule has 1 aromatic carbocycles. The smallest absolute Gasteiger partial charge is 0.184 e. The normalized spacial score (nSPS) is 11.5. The number of nitrogen functional groups attached to an aromatic ring is 1. The first-order chi connectivity index (χ1) is 8.88. The van der Waals surface area contributed by atoms with E-state index in [1.165, 1.54) is 18.3 Å². The van der Waals surface area contributed by atoms with Crippen molar-refractivity contribution in [2.45, 2.75) is 17.6 Å². The summed E-state index contributed by atoms with van der Waals surface area (Å²) in [4.78, 5) is 4.03. The first-order valence-electron chi connectivity index (χ1n) is 5.57. The molecule has 0 aliphatic rings. The lowest BCUT2D eigenvalue weighted by Crippen LogP contribution is -2.07. The van der Waals surface area contributed by atoms with E-state index >= 15 is 0 Å². The Hall–Kier alpha value is -1.59. The Morgan fingerprint density at radius 1 is 1.26 bits per heavy atom. The molecule has 0 aliphatic carbocycles. The van der Waals surface area contributed by atoms with E-state index in [0.717, 1.165) is 5.56 Å². The molecule has 6 heteroatoms. The van der Waals surface area contributed by atoms with E-state index in [-0.39, 0.29) is 15.7 Å². The van der Waals surface area contributed by atoms with E-state index < -0.39 is 9.84 Å². The Balaban J connectivity index is 2.40. The molecule has 0 saturated heterocycles. The van der Waals surface area contributed by atoms with Gasteiger partial charge >= 0.3 is 0 Å². The maximum absolute atomic E-state index is 12.3. The molecule has 1 aromatic heterocycles. The minimum Gasteiger partial charge on any atom is -0.399 e. The van der Waals surface area contributed by atoms with Crippen molar-refractivity contribution >= 4 is 27.1 Å². The number of aromatic nitrogens is 1. The molecule has 2 N–H and O–H groups in total. The standard InChI is InChI=1S/C13H13ClN2O2S/c1-9-4-10(7-16-6-9)8-19(17,18)13-5-11(15)2-3-12(13)14/h2-7H,8,15H2,1H3. The zero-order valence-electron chi connectivity index (χ0n) is 10.3. The molecule has 100 valence electrons. The van der Waals surface area contributed by atoms with Crippen LogP contribution in [-0.4, -0.2) is 13.4 Å². The average molecular weight is 297 g/mol. The summed E-state index contributed by atoms with van der Waals surface area (Å²) in [5.41, 5.74) is 7.50. The number of halogens is 1. The van der Waals surface area contributed by atoms with Gasteiger partial charge in [0.25, 0.3) is 0 Å². The number of hydrogen-bond donors (Lipinski definition) is 1. The van der Waals surface area contributed by atoms with Crippen LogP contribution in [0.5, 0.6) is 0 Å². The molecule has 0 fully saturated rings. The van der Waals surface area contributed by atoms with Crippen LogP contribution in [0.25, 0.3) is 0 Å². The Bertz CT molecular complexity index is 714. The number of benzene rings is 1. The highest BCUT2D eigenvalue weighted by atomic mass is 35.5. The first kappa shape index (κ1) is 13.8. The van der Waals surface area contributed by atoms with Gasteiger partial charge in [0, 0.05) is 18.1 Å². The maximum Gasteiger partial charge on any atom is 0.184 e. The molecular formula is C13H13ClN2O2S. The van der Waals surface area contributed by atoms with Gasteiger partial charge in [0.2, 0.25) is 0 Å². The van der Waals surface area contributed by atoms with E-state index in [0.29, 0.717) is 11.3 Å². The molecule has 0 amide bonds. The zero-order chi connectivity index (χ0) is 14.0. The fourth-order valence-corrected chi connectivity index (χ4v) is 3.66. The maximum atomic E-state index is 12.3. The topological polar surface area (TPSA) is 73.0 Å². The van der Waals surface area contributed by atoms with E-state index in [1.807, 2.05) is 6.92 Å². The Labute approximate surface area is 117 Å². The third kappa shape index (κ3) is 3.24. The van der Waals surface area contributed by atoms with Crippen molar-refractivity contribution in [2.24, 2.45) is 0 Å². The lowest BCUT2D eigenvalue weighted by molar-refractivity contribution is 0.595. The molecule has 0 spiro atoms. The molecule has 0 saturated carbocycles. The lowest BCUT2D eigenvalue weighted by Gasteiger charge is -2.08. The van der Waals surface area contributed by atoms with Crippen molar-refractivity contribution in [1.29, 1.82) is 0 Å². The second-order valence-corrected chi connectivity index (χ2v) is 6.68. The molecule has 1 heterocycles. The van der Waals surface area contributed by atoms with Crippen LogP contribution in [0.15, 0.2) is 41.6 Å². The Morgan fingerprint density at radius 3 is 2.68 bits per heavy atom. The quantitative estimate of drug-likeness (QED) is 0.884. The molecule has 2 rings (SSSR count). The van der Waals surface area contributed by atoms with Crippen LogP contribution in [0.3, 0.4) is 0 Å². The van der Waals surface area contributed by atoms with Crippen LogP contribution in [-0.2, 0) is 15.6 Å². The minimum absolute atomic E-state index is 0.0515. The minimum atomic E-state index is -3.54. The second kappa shape index (κ2) is 5.19. The highest BCUT2D eigenvalue weighted by Gasteiger charge is 2.19. The summed E-state index contributed by atoms with van der Waals surface area (Å²) in [7, 11) is -3.54. The summed E-state index contributed by atoms with van der Waals surface area (Å²) in [6.07, 6.45) is 3.20. The summed E-state index contributed by atoms with van der Waals surface area (Å²) in [6, 6.07) is 6.21. The number of rotatable bonds is 3. The van der Waals surface area contributed by atoms with Gasteiger partial charge in [-0.05, 0) is 36.2 Å². The van der Waals surface area contributed by atoms with Gasteiger partial charge < -0.3 is 5.73 Å². The molecule has 4 nitrogen and oxygen atoms in total. The van der Waals surface area contributed by atoms with Crippen molar-refractivity contribution in [1.82, 2.24) is 4.98 Å². The number of nitrogens with zero attached hydrogens (tertiary/aromatic N) is 1. The Kier molecular flexibility index (Phi) is 3.78. The number of hydrogen-bond acceptors (Lipinski definition) is 4. The van der Waals surface area contributed by atoms with E-state index in [4.69, 9.17) is 17.3 Å². The third-order valence-corrected chi connectivity index (χ3v) is 4.74. The van der Waals surface area contributed by atoms with Crippen LogP contribution in [0, 0.1) is 6.92 Å². The second-order valence-electron chi connectivity index (χ2n) is 4.32. The zero-order valence-corrected chi connectivity index (χ0v) is 11.9. The van der Waals surface area contributed by atoms with Crippen molar-refractivity contribution in [3.63, 3.8) is 0 Å². The van der Waals surface area contributed by atoms with Crippen LogP contribution in [0.1, 0.15) is 11.1 Å². The summed E-state index contributed by atoms with van der Waals surface area (Å²) < 4.78 is 24.6. The fourth-order valence-electron chi connectivity index (χ4n) is 1.75. The number of pyridine rings is 1. The van der Waals surface area contributed by atoms with Gasteiger partial charge in [0.05, 0.1) is 15.7 Å². The van der Waals surface area contributed by atoms with Crippen LogP contribution < -0.4 is 5.73 Å². The molecule has 0 aliphatic heterocycles. The number of anilines is 1. The summed E-state index contributed by atoms with van der Waals surface area (Å²) in [6.45, 7) is 1.86. The number of sulfone groups is 1. The molecule has 0 atom stereocenters. The molecular weight excluding hydrogens is 284 g/mol. The van der Waals surface area contributed by atoms with E-state index in [9.17, 15) is 8.42 Å². The fraction of sp³-hybridized carbons (Fsp3) is 0.154. The summed E-state index contributed by atoms with van der Waals surface area (Å²) in [5, 5.41) is 0.176. The van der Waals surface area contributed by atoms with Gasteiger partial charge in [-0.1, -0.05) is 17.7 Å². The molecule has 19 heavy (non-hydrogen) atoms. The largest absolute Gasteiger partial charge is 0.399 e. The first-order valence-corrected chi connectivity index (χ1v) is 7.60. The average Bonchev–Trinajstić information content (AvgIpc) is 2.31. The van der Waals surface area contributed by atoms with Gasteiger partial charge in [-0.15, -0.1) is 0 Å². The van der Waals surface area contributed by atoms with Crippen molar-refractivity contribution < 1.29 is 8.42 Å². The third-order valence-electron chi connectivity index (χ3n) is 2.58. The van der Waals surface area contributed by atoms with Gasteiger partial charge in [-0.25, -0.2) is 8.42 Å². The van der Waals surface area contributed by atoms with Gasteiger partial charge in [0.1, 0.15) is 0 Å². The molecule has 2 aromatic rings. The predicted molar refractivity (Wildman–Crippen MR) is 75.7 cm³/mol. The molecule has 0 bridgehead atoms. The van der Waals surface area contributed by atoms with Crippen LogP contribution in [0.2, 0.25) is 5.02 Å². The van der Waals surface area contributed by atoms with E-state index in [2.05, 4.69) is 4.98 Å². The van der Waals surface area contributed by atoms with Crippen LogP contribution >= 0.6 is 11.6 Å². The molecule has 0 radical (unpaired) electrons. The van der Waals surface area contributed by atoms with Gasteiger partial charge in [-0.2, -0.15) is 0 Å². The van der Waals surface area contributed by atoms with Gasteiger partial charge in [0.15, 0.2) is 9.84 Å². The number of aryl methyl sites for hydroxylation is 1. The van der Waals surface area contributed by atoms with Crippen LogP contribution in [0.4, 0.5) is 5.69 Å². The SMILES string of the molecule is Cc1cncc(CS(=O)(=O)c2cc(N)ccc2Cl)c1. The monoisotopic (exact) mass is 296 g/mol. The van der Waals surface area contributed by atoms with Gasteiger partial charge in [-0.3, -0.25) is 4.98 Å². The van der Waals surface area contributed by atoms with E-state index in [1.54, 1.807) is 18.3 Å². The van der Waals surface area contributed by atoms with Crippen molar-refractivity contribution in [3.8, 4) is 0 Å². The van der Waals surface area contributed by atoms with Crippen molar-refractivity contribution in [3.05, 3.63) is 52.8 Å². The predicted octanol–water partition coefficient (Wildman–Crippen LogP) is 2.60. The number of nitrogens with two attached hydrogens (primary N) is 1. The summed E-state index contributed by atoms with van der Waals surface area (Å²) in [5.74, 6) is -0.148. The highest BCUT2D eigenvalue weighted by molar-refractivity contribution is 7.90. The Morgan fingerprint density at radius 2 is 2.00 bits per heavy atom.